The van der Waals surface area contributed by atoms with E-state index in [0.29, 0.717) is 17.9 Å². The molecule has 0 saturated heterocycles. The Kier molecular flexibility index (Phi) is 8.20. The highest BCUT2D eigenvalue weighted by molar-refractivity contribution is 5.96. The molecule has 2 aromatic carbocycles. The number of halogens is 1. The highest BCUT2D eigenvalue weighted by Gasteiger charge is 2.13. The van der Waals surface area contributed by atoms with Crippen LogP contribution in [0.15, 0.2) is 48.5 Å². The predicted molar refractivity (Wildman–Crippen MR) is 95.7 cm³/mol. The molecular weight excluding hydrogens is 312 g/mol. The normalized spacial score (nSPS) is 9.96. The van der Waals surface area contributed by atoms with Crippen molar-refractivity contribution in [2.75, 3.05) is 6.61 Å². The fourth-order valence-electron chi connectivity index (χ4n) is 2.38. The highest BCUT2D eigenvalue weighted by atomic mass is 35.5. The first-order valence-electron chi connectivity index (χ1n) is 7.78. The van der Waals surface area contributed by atoms with Gasteiger partial charge in [0.2, 0.25) is 0 Å². The second kappa shape index (κ2) is 9.90. The quantitative estimate of drug-likeness (QED) is 0.654. The van der Waals surface area contributed by atoms with E-state index in [1.807, 2.05) is 42.5 Å². The summed E-state index contributed by atoms with van der Waals surface area (Å²) in [6.45, 7) is 2.80. The third-order valence-corrected chi connectivity index (χ3v) is 3.57. The standard InChI is InChI=1S/C19H22O3.ClH/c1-2-3-4-8-13-22-16-11-12-17(18(14-16)19(20)21)15-9-6-5-7-10-15;/h5-7,9-12,14H,2-4,8,13H2,1H3,(H,20,21);1H. The van der Waals surface area contributed by atoms with Gasteiger partial charge in [-0.2, -0.15) is 0 Å². The van der Waals surface area contributed by atoms with E-state index in [4.69, 9.17) is 4.74 Å². The Hall–Kier alpha value is -2.00. The van der Waals surface area contributed by atoms with E-state index in [9.17, 15) is 9.90 Å². The van der Waals surface area contributed by atoms with E-state index in [2.05, 4.69) is 6.92 Å². The molecule has 0 aliphatic carbocycles. The van der Waals surface area contributed by atoms with Crippen LogP contribution in [0.4, 0.5) is 0 Å². The Labute approximate surface area is 143 Å². The maximum absolute atomic E-state index is 11.5. The number of hydrogen-bond donors (Lipinski definition) is 1. The van der Waals surface area contributed by atoms with Gasteiger partial charge in [-0.05, 0) is 35.7 Å². The molecule has 0 heterocycles. The molecule has 0 unspecified atom stereocenters. The minimum absolute atomic E-state index is 0. The van der Waals surface area contributed by atoms with E-state index in [1.54, 1.807) is 6.07 Å². The van der Waals surface area contributed by atoms with Gasteiger partial charge in [0.1, 0.15) is 5.75 Å². The zero-order chi connectivity index (χ0) is 15.8. The number of benzene rings is 2. The van der Waals surface area contributed by atoms with Gasteiger partial charge in [-0.1, -0.05) is 56.5 Å². The van der Waals surface area contributed by atoms with Crippen LogP contribution in [-0.2, 0) is 0 Å². The molecule has 0 radical (unpaired) electrons. The van der Waals surface area contributed by atoms with Gasteiger partial charge in [0.05, 0.1) is 12.2 Å². The average Bonchev–Trinajstić information content (AvgIpc) is 2.55. The number of carboxylic acids is 1. The first-order chi connectivity index (χ1) is 10.7. The largest absolute Gasteiger partial charge is 0.494 e. The maximum atomic E-state index is 11.5. The summed E-state index contributed by atoms with van der Waals surface area (Å²) < 4.78 is 5.67. The van der Waals surface area contributed by atoms with Crippen LogP contribution in [-0.4, -0.2) is 17.7 Å². The molecule has 4 heteroatoms. The lowest BCUT2D eigenvalue weighted by Crippen LogP contribution is -2.02. The van der Waals surface area contributed by atoms with E-state index in [-0.39, 0.29) is 18.0 Å². The summed E-state index contributed by atoms with van der Waals surface area (Å²) in [6.07, 6.45) is 4.53. The van der Waals surface area contributed by atoms with Crippen LogP contribution in [0.2, 0.25) is 0 Å². The number of ether oxygens (including phenoxy) is 1. The van der Waals surface area contributed by atoms with Crippen molar-refractivity contribution in [3.05, 3.63) is 54.1 Å². The van der Waals surface area contributed by atoms with Crippen molar-refractivity contribution in [2.45, 2.75) is 32.6 Å². The van der Waals surface area contributed by atoms with Crippen LogP contribution in [0.1, 0.15) is 43.0 Å². The summed E-state index contributed by atoms with van der Waals surface area (Å²) in [6, 6.07) is 14.8. The van der Waals surface area contributed by atoms with Gasteiger partial charge in [0.25, 0.3) is 0 Å². The van der Waals surface area contributed by atoms with Crippen molar-refractivity contribution >= 4 is 18.4 Å². The van der Waals surface area contributed by atoms with Crippen molar-refractivity contribution in [2.24, 2.45) is 0 Å². The number of hydrogen-bond acceptors (Lipinski definition) is 2. The fourth-order valence-corrected chi connectivity index (χ4v) is 2.38. The number of carbonyl (C=O) groups is 1. The minimum Gasteiger partial charge on any atom is -0.494 e. The van der Waals surface area contributed by atoms with Gasteiger partial charge in [0.15, 0.2) is 0 Å². The molecule has 3 nitrogen and oxygen atoms in total. The first kappa shape index (κ1) is 19.0. The molecule has 0 amide bonds. The molecule has 0 fully saturated rings. The van der Waals surface area contributed by atoms with E-state index < -0.39 is 5.97 Å². The summed E-state index contributed by atoms with van der Waals surface area (Å²) >= 11 is 0. The second-order valence-corrected chi connectivity index (χ2v) is 5.29. The SMILES string of the molecule is CCCCCCOc1ccc(-c2ccccc2)c(C(=O)O)c1.Cl. The van der Waals surface area contributed by atoms with Gasteiger partial charge in [-0.15, -0.1) is 12.4 Å². The lowest BCUT2D eigenvalue weighted by atomic mass is 9.99. The Bertz CT molecular complexity index is 611. The average molecular weight is 335 g/mol. The van der Waals surface area contributed by atoms with Gasteiger partial charge in [-0.3, -0.25) is 0 Å². The Morgan fingerprint density at radius 1 is 1.04 bits per heavy atom. The second-order valence-electron chi connectivity index (χ2n) is 5.29. The maximum Gasteiger partial charge on any atom is 0.336 e. The zero-order valence-corrected chi connectivity index (χ0v) is 14.1. The summed E-state index contributed by atoms with van der Waals surface area (Å²) in [4.78, 5) is 11.5. The van der Waals surface area contributed by atoms with E-state index in [1.165, 1.54) is 12.8 Å². The van der Waals surface area contributed by atoms with Crippen LogP contribution in [0.3, 0.4) is 0 Å². The van der Waals surface area contributed by atoms with Crippen LogP contribution < -0.4 is 4.74 Å². The number of rotatable bonds is 8. The van der Waals surface area contributed by atoms with Crippen molar-refractivity contribution < 1.29 is 14.6 Å². The summed E-state index contributed by atoms with van der Waals surface area (Å²) in [5, 5.41) is 9.44. The van der Waals surface area contributed by atoms with Gasteiger partial charge < -0.3 is 9.84 Å². The topological polar surface area (TPSA) is 46.5 Å². The zero-order valence-electron chi connectivity index (χ0n) is 13.3. The number of carboxylic acid groups (broad SMARTS) is 1. The molecule has 0 atom stereocenters. The molecule has 0 aromatic heterocycles. The molecule has 0 saturated carbocycles. The van der Waals surface area contributed by atoms with Crippen molar-refractivity contribution in [3.8, 4) is 16.9 Å². The monoisotopic (exact) mass is 334 g/mol. The van der Waals surface area contributed by atoms with E-state index >= 15 is 0 Å². The van der Waals surface area contributed by atoms with Gasteiger partial charge in [0, 0.05) is 0 Å². The van der Waals surface area contributed by atoms with Crippen LogP contribution in [0.25, 0.3) is 11.1 Å². The highest BCUT2D eigenvalue weighted by Crippen LogP contribution is 2.27. The molecule has 1 N–H and O–H groups in total. The Morgan fingerprint density at radius 3 is 2.43 bits per heavy atom. The van der Waals surface area contributed by atoms with E-state index in [0.717, 1.165) is 18.4 Å². The van der Waals surface area contributed by atoms with Crippen molar-refractivity contribution in [1.82, 2.24) is 0 Å². The minimum atomic E-state index is -0.935. The third-order valence-electron chi connectivity index (χ3n) is 3.57. The molecule has 0 bridgehead atoms. The first-order valence-corrected chi connectivity index (χ1v) is 7.78. The van der Waals surface area contributed by atoms with Gasteiger partial charge in [-0.25, -0.2) is 4.79 Å². The molecular formula is C19H23ClO3. The molecule has 0 aliphatic rings. The molecule has 23 heavy (non-hydrogen) atoms. The third kappa shape index (κ3) is 5.61. The number of unbranched alkanes of at least 4 members (excludes halogenated alkanes) is 3. The number of aromatic carboxylic acids is 1. The van der Waals surface area contributed by atoms with Crippen LogP contribution in [0.5, 0.6) is 5.75 Å². The Morgan fingerprint density at radius 2 is 1.78 bits per heavy atom. The summed E-state index contributed by atoms with van der Waals surface area (Å²) in [5.74, 6) is -0.316. The van der Waals surface area contributed by atoms with Gasteiger partial charge >= 0.3 is 5.97 Å². The van der Waals surface area contributed by atoms with Crippen LogP contribution in [0, 0.1) is 0 Å². The molecule has 124 valence electrons. The molecule has 0 aliphatic heterocycles. The lowest BCUT2D eigenvalue weighted by Gasteiger charge is -2.10. The molecule has 2 aromatic rings. The lowest BCUT2D eigenvalue weighted by molar-refractivity contribution is 0.0697. The van der Waals surface area contributed by atoms with Crippen LogP contribution >= 0.6 is 12.4 Å². The van der Waals surface area contributed by atoms with Crippen molar-refractivity contribution in [1.29, 1.82) is 0 Å². The summed E-state index contributed by atoms with van der Waals surface area (Å²) in [5.41, 5.74) is 1.89. The predicted octanol–water partition coefficient (Wildman–Crippen LogP) is 5.43. The molecule has 2 rings (SSSR count). The Balaban J connectivity index is 0.00000264. The smallest absolute Gasteiger partial charge is 0.336 e. The molecule has 0 spiro atoms. The fraction of sp³-hybridized carbons (Fsp3) is 0.316. The van der Waals surface area contributed by atoms with Crippen molar-refractivity contribution in [3.63, 3.8) is 0 Å². The summed E-state index contributed by atoms with van der Waals surface area (Å²) in [7, 11) is 0.